The van der Waals surface area contributed by atoms with Gasteiger partial charge in [0.05, 0.1) is 11.3 Å². The van der Waals surface area contributed by atoms with E-state index in [0.29, 0.717) is 17.3 Å². The summed E-state index contributed by atoms with van der Waals surface area (Å²) in [4.78, 5) is 2.34. The Hall–Kier alpha value is -3.00. The van der Waals surface area contributed by atoms with Gasteiger partial charge in [-0.15, -0.1) is 5.10 Å². The zero-order valence-electron chi connectivity index (χ0n) is 17.5. The summed E-state index contributed by atoms with van der Waals surface area (Å²) in [5.41, 5.74) is 4.36. The predicted octanol–water partition coefficient (Wildman–Crippen LogP) is 3.67. The maximum atomic E-state index is 15.2. The SMILES string of the molecule is CC(C)Cc1cc(F)c(-c2nnn[nH]2)c(C2=CCN(Cc3cccnn3)[C@@H](C)C2)c1. The Morgan fingerprint density at radius 3 is 2.80 bits per heavy atom. The summed E-state index contributed by atoms with van der Waals surface area (Å²) in [7, 11) is 0. The second kappa shape index (κ2) is 8.79. The zero-order valence-corrected chi connectivity index (χ0v) is 17.5. The number of nitrogens with zero attached hydrogens (tertiary/aromatic N) is 6. The third-order valence-electron chi connectivity index (χ3n) is 5.43. The highest BCUT2D eigenvalue weighted by atomic mass is 19.1. The predicted molar refractivity (Wildman–Crippen MR) is 113 cm³/mol. The Morgan fingerprint density at radius 1 is 1.27 bits per heavy atom. The van der Waals surface area contributed by atoms with Crippen molar-refractivity contribution in [3.63, 3.8) is 0 Å². The number of hydrogen-bond acceptors (Lipinski definition) is 6. The number of aromatic nitrogens is 6. The normalized spacial score (nSPS) is 17.4. The topological polar surface area (TPSA) is 83.5 Å². The number of hydrogen-bond donors (Lipinski definition) is 1. The molecule has 1 aliphatic rings. The van der Waals surface area contributed by atoms with E-state index in [1.165, 1.54) is 0 Å². The summed E-state index contributed by atoms with van der Waals surface area (Å²) in [5.74, 6) is 0.503. The largest absolute Gasteiger partial charge is 0.291 e. The van der Waals surface area contributed by atoms with Crippen molar-refractivity contribution in [3.05, 3.63) is 59.2 Å². The summed E-state index contributed by atoms with van der Waals surface area (Å²) >= 11 is 0. The molecular weight excluding hydrogens is 381 g/mol. The van der Waals surface area contributed by atoms with Gasteiger partial charge in [0, 0.05) is 25.3 Å². The van der Waals surface area contributed by atoms with E-state index in [0.717, 1.165) is 48.3 Å². The first kappa shape index (κ1) is 20.3. The van der Waals surface area contributed by atoms with Crippen molar-refractivity contribution in [1.29, 1.82) is 0 Å². The first-order valence-corrected chi connectivity index (χ1v) is 10.3. The molecule has 0 saturated carbocycles. The molecule has 0 saturated heterocycles. The van der Waals surface area contributed by atoms with Gasteiger partial charge in [-0.25, -0.2) is 9.49 Å². The van der Waals surface area contributed by atoms with Gasteiger partial charge in [0.15, 0.2) is 5.82 Å². The molecule has 0 fully saturated rings. The molecule has 2 aromatic heterocycles. The van der Waals surface area contributed by atoms with E-state index in [9.17, 15) is 0 Å². The van der Waals surface area contributed by atoms with Crippen LogP contribution in [-0.2, 0) is 13.0 Å². The smallest absolute Gasteiger partial charge is 0.182 e. The van der Waals surface area contributed by atoms with Crippen molar-refractivity contribution in [2.75, 3.05) is 6.54 Å². The van der Waals surface area contributed by atoms with Gasteiger partial charge in [-0.05, 0) is 71.0 Å². The molecular formula is C22H26FN7. The lowest BCUT2D eigenvalue weighted by Crippen LogP contribution is -2.36. The number of halogens is 1. The van der Waals surface area contributed by atoms with Crippen LogP contribution in [0.3, 0.4) is 0 Å². The summed E-state index contributed by atoms with van der Waals surface area (Å²) in [5, 5.41) is 22.1. The quantitative estimate of drug-likeness (QED) is 0.671. The number of aromatic amines is 1. The molecule has 156 valence electrons. The fourth-order valence-corrected chi connectivity index (χ4v) is 4.02. The van der Waals surface area contributed by atoms with E-state index in [-0.39, 0.29) is 11.9 Å². The monoisotopic (exact) mass is 407 g/mol. The van der Waals surface area contributed by atoms with Gasteiger partial charge in [-0.3, -0.25) is 4.90 Å². The number of H-pyrrole nitrogens is 1. The van der Waals surface area contributed by atoms with Crippen LogP contribution in [0.1, 0.15) is 44.0 Å². The van der Waals surface area contributed by atoms with Gasteiger partial charge in [-0.1, -0.05) is 26.0 Å². The van der Waals surface area contributed by atoms with Crippen molar-refractivity contribution in [1.82, 2.24) is 35.7 Å². The lowest BCUT2D eigenvalue weighted by Gasteiger charge is -2.33. The van der Waals surface area contributed by atoms with Crippen LogP contribution >= 0.6 is 0 Å². The summed E-state index contributed by atoms with van der Waals surface area (Å²) in [6.45, 7) is 7.96. The Kier molecular flexibility index (Phi) is 5.94. The minimum atomic E-state index is -0.294. The number of tetrazole rings is 1. The third kappa shape index (κ3) is 4.43. The van der Waals surface area contributed by atoms with E-state index in [2.05, 4.69) is 68.6 Å². The lowest BCUT2D eigenvalue weighted by molar-refractivity contribution is 0.214. The molecule has 3 aromatic rings. The van der Waals surface area contributed by atoms with Gasteiger partial charge in [-0.2, -0.15) is 10.2 Å². The van der Waals surface area contributed by atoms with Crippen LogP contribution in [0.5, 0.6) is 0 Å². The fraction of sp³-hybridized carbons (Fsp3) is 0.409. The molecule has 8 heteroatoms. The van der Waals surface area contributed by atoms with E-state index >= 15 is 4.39 Å². The molecule has 0 unspecified atom stereocenters. The van der Waals surface area contributed by atoms with Crippen LogP contribution in [0.15, 0.2) is 36.5 Å². The standard InChI is InChI=1S/C22H26FN7/c1-14(2)9-16-11-19(21(20(23)12-16)22-26-28-29-27-22)17-6-8-30(15(3)10-17)13-18-5-4-7-24-25-18/h4-7,11-12,14-15H,8-10,13H2,1-3H3,(H,26,27,28,29)/t15-/m0/s1. The van der Waals surface area contributed by atoms with Gasteiger partial charge in [0.25, 0.3) is 0 Å². The zero-order chi connectivity index (χ0) is 21.1. The van der Waals surface area contributed by atoms with Crippen molar-refractivity contribution in [3.8, 4) is 11.4 Å². The van der Waals surface area contributed by atoms with Gasteiger partial charge in [0.1, 0.15) is 5.82 Å². The molecule has 1 aliphatic heterocycles. The first-order valence-electron chi connectivity index (χ1n) is 10.3. The number of nitrogens with one attached hydrogen (secondary N) is 1. The molecule has 30 heavy (non-hydrogen) atoms. The molecule has 0 aliphatic carbocycles. The molecule has 4 rings (SSSR count). The highest BCUT2D eigenvalue weighted by molar-refractivity contribution is 5.80. The van der Waals surface area contributed by atoms with Crippen LogP contribution < -0.4 is 0 Å². The Labute approximate surface area is 175 Å². The molecule has 1 atom stereocenters. The Bertz CT molecular complexity index is 1020. The second-order valence-electron chi connectivity index (χ2n) is 8.27. The highest BCUT2D eigenvalue weighted by Crippen LogP contribution is 2.35. The van der Waals surface area contributed by atoms with Crippen molar-refractivity contribution in [2.45, 2.75) is 46.2 Å². The summed E-state index contributed by atoms with van der Waals surface area (Å²) in [6.07, 6.45) is 5.48. The Balaban J connectivity index is 1.67. The van der Waals surface area contributed by atoms with Gasteiger partial charge >= 0.3 is 0 Å². The number of rotatable bonds is 6. The highest BCUT2D eigenvalue weighted by Gasteiger charge is 2.25. The van der Waals surface area contributed by atoms with Crippen molar-refractivity contribution >= 4 is 5.57 Å². The molecule has 3 heterocycles. The maximum absolute atomic E-state index is 15.2. The maximum Gasteiger partial charge on any atom is 0.182 e. The second-order valence-corrected chi connectivity index (χ2v) is 8.27. The minimum absolute atomic E-state index is 0.282. The average molecular weight is 407 g/mol. The van der Waals surface area contributed by atoms with Crippen molar-refractivity contribution in [2.24, 2.45) is 5.92 Å². The molecule has 0 radical (unpaired) electrons. The van der Waals surface area contributed by atoms with Crippen LogP contribution in [0.2, 0.25) is 0 Å². The van der Waals surface area contributed by atoms with Crippen LogP contribution in [0.4, 0.5) is 4.39 Å². The molecule has 1 N–H and O–H groups in total. The fourth-order valence-electron chi connectivity index (χ4n) is 4.02. The molecule has 0 bridgehead atoms. The van der Waals surface area contributed by atoms with E-state index in [4.69, 9.17) is 0 Å². The van der Waals surface area contributed by atoms with Crippen LogP contribution in [-0.4, -0.2) is 48.3 Å². The van der Waals surface area contributed by atoms with E-state index in [1.807, 2.05) is 12.1 Å². The van der Waals surface area contributed by atoms with Crippen LogP contribution in [0.25, 0.3) is 17.0 Å². The molecule has 1 aromatic carbocycles. The van der Waals surface area contributed by atoms with E-state index in [1.54, 1.807) is 12.3 Å². The first-order chi connectivity index (χ1) is 14.5. The van der Waals surface area contributed by atoms with Crippen LogP contribution in [0, 0.1) is 11.7 Å². The summed E-state index contributed by atoms with van der Waals surface area (Å²) in [6, 6.07) is 7.87. The molecule has 0 amide bonds. The van der Waals surface area contributed by atoms with E-state index < -0.39 is 0 Å². The number of benzene rings is 1. The summed E-state index contributed by atoms with van der Waals surface area (Å²) < 4.78 is 15.2. The Morgan fingerprint density at radius 2 is 2.13 bits per heavy atom. The van der Waals surface area contributed by atoms with Crippen molar-refractivity contribution < 1.29 is 4.39 Å². The average Bonchev–Trinajstić information content (AvgIpc) is 3.23. The molecule has 0 spiro atoms. The van der Waals surface area contributed by atoms with Gasteiger partial charge in [0.2, 0.25) is 0 Å². The molecule has 7 nitrogen and oxygen atoms in total. The van der Waals surface area contributed by atoms with Gasteiger partial charge < -0.3 is 0 Å². The third-order valence-corrected chi connectivity index (χ3v) is 5.43. The minimum Gasteiger partial charge on any atom is -0.291 e. The lowest BCUT2D eigenvalue weighted by atomic mass is 9.88.